The molecule has 0 aliphatic rings. The summed E-state index contributed by atoms with van der Waals surface area (Å²) in [7, 11) is 1.65. The molecule has 0 aliphatic carbocycles. The number of H-pyrrole nitrogens is 1. The van der Waals surface area contributed by atoms with Gasteiger partial charge in [-0.2, -0.15) is 5.10 Å². The molecule has 1 atom stereocenters. The van der Waals surface area contributed by atoms with E-state index in [0.717, 1.165) is 22.6 Å². The van der Waals surface area contributed by atoms with Crippen LogP contribution in [-0.2, 0) is 6.54 Å². The summed E-state index contributed by atoms with van der Waals surface area (Å²) in [6, 6.07) is 13.6. The van der Waals surface area contributed by atoms with Gasteiger partial charge < -0.3 is 14.5 Å². The number of ether oxygens (including phenoxy) is 1. The van der Waals surface area contributed by atoms with E-state index >= 15 is 0 Å². The molecule has 138 valence electrons. The predicted octanol–water partition coefficient (Wildman–Crippen LogP) is 3.17. The van der Waals surface area contributed by atoms with Crippen molar-refractivity contribution in [3.05, 3.63) is 76.5 Å². The van der Waals surface area contributed by atoms with Gasteiger partial charge in [0, 0.05) is 24.3 Å². The Labute approximate surface area is 155 Å². The van der Waals surface area contributed by atoms with Gasteiger partial charge in [0.05, 0.1) is 24.5 Å². The van der Waals surface area contributed by atoms with E-state index in [2.05, 4.69) is 22.3 Å². The van der Waals surface area contributed by atoms with Crippen LogP contribution in [0.4, 0.5) is 0 Å². The summed E-state index contributed by atoms with van der Waals surface area (Å²) in [5.74, 6) is 0.380. The molecule has 2 heterocycles. The fraction of sp³-hybridized carbons (Fsp3) is 0.200. The second-order valence-electron chi connectivity index (χ2n) is 6.36. The highest BCUT2D eigenvalue weighted by molar-refractivity contribution is 5.72. The monoisotopic (exact) mass is 364 g/mol. The SMILES string of the molecule is COc1ccc(-n2cc(CNC(C)c3ccc4[nH]c(=O)oc4c3)cn2)cc1. The van der Waals surface area contributed by atoms with Crippen LogP contribution in [0.5, 0.6) is 5.75 Å². The zero-order valence-corrected chi connectivity index (χ0v) is 15.1. The van der Waals surface area contributed by atoms with Gasteiger partial charge in [-0.1, -0.05) is 6.07 Å². The maximum absolute atomic E-state index is 11.3. The number of methoxy groups -OCH3 is 1. The fourth-order valence-electron chi connectivity index (χ4n) is 2.95. The lowest BCUT2D eigenvalue weighted by Gasteiger charge is -2.13. The molecule has 4 rings (SSSR count). The molecule has 0 fully saturated rings. The van der Waals surface area contributed by atoms with Gasteiger partial charge in [-0.3, -0.25) is 4.98 Å². The molecule has 0 spiro atoms. The maximum atomic E-state index is 11.3. The van der Waals surface area contributed by atoms with Crippen LogP contribution in [0, 0.1) is 0 Å². The Bertz CT molecular complexity index is 1110. The van der Waals surface area contributed by atoms with E-state index in [0.29, 0.717) is 17.6 Å². The zero-order valence-electron chi connectivity index (χ0n) is 15.1. The van der Waals surface area contributed by atoms with Crippen LogP contribution < -0.4 is 15.8 Å². The summed E-state index contributed by atoms with van der Waals surface area (Å²) in [5.41, 5.74) is 4.37. The van der Waals surface area contributed by atoms with Gasteiger partial charge >= 0.3 is 5.76 Å². The lowest BCUT2D eigenvalue weighted by Crippen LogP contribution is -2.17. The Morgan fingerprint density at radius 1 is 1.26 bits per heavy atom. The van der Waals surface area contributed by atoms with E-state index in [4.69, 9.17) is 9.15 Å². The number of oxazole rings is 1. The summed E-state index contributed by atoms with van der Waals surface area (Å²) < 4.78 is 12.1. The van der Waals surface area contributed by atoms with Gasteiger partial charge in [0.2, 0.25) is 0 Å². The largest absolute Gasteiger partial charge is 0.497 e. The molecule has 2 aromatic heterocycles. The lowest BCUT2D eigenvalue weighted by atomic mass is 10.1. The summed E-state index contributed by atoms with van der Waals surface area (Å²) in [6.45, 7) is 2.74. The smallest absolute Gasteiger partial charge is 0.417 e. The maximum Gasteiger partial charge on any atom is 0.417 e. The molecule has 0 saturated carbocycles. The van der Waals surface area contributed by atoms with Crippen LogP contribution in [0.2, 0.25) is 0 Å². The van der Waals surface area contributed by atoms with Crippen molar-refractivity contribution in [2.45, 2.75) is 19.5 Å². The van der Waals surface area contributed by atoms with Crippen molar-refractivity contribution in [2.24, 2.45) is 0 Å². The lowest BCUT2D eigenvalue weighted by molar-refractivity contribution is 0.414. The highest BCUT2D eigenvalue weighted by Gasteiger charge is 2.09. The van der Waals surface area contributed by atoms with Gasteiger partial charge in [0.25, 0.3) is 0 Å². The van der Waals surface area contributed by atoms with Gasteiger partial charge in [0.1, 0.15) is 5.75 Å². The molecule has 7 heteroatoms. The average Bonchev–Trinajstić information content (AvgIpc) is 3.31. The summed E-state index contributed by atoms with van der Waals surface area (Å²) in [6.07, 6.45) is 3.84. The number of hydrogen-bond acceptors (Lipinski definition) is 5. The van der Waals surface area contributed by atoms with Crippen molar-refractivity contribution in [1.82, 2.24) is 20.1 Å². The first-order valence-electron chi connectivity index (χ1n) is 8.66. The minimum Gasteiger partial charge on any atom is -0.497 e. The summed E-state index contributed by atoms with van der Waals surface area (Å²) in [5, 5.41) is 7.88. The van der Waals surface area contributed by atoms with Crippen LogP contribution in [0.1, 0.15) is 24.1 Å². The second-order valence-corrected chi connectivity index (χ2v) is 6.36. The number of fused-ring (bicyclic) bond motifs is 1. The van der Waals surface area contributed by atoms with Gasteiger partial charge in [-0.05, 0) is 48.9 Å². The molecule has 0 aliphatic heterocycles. The molecule has 4 aromatic rings. The van der Waals surface area contributed by atoms with E-state index in [1.165, 1.54) is 0 Å². The molecule has 0 bridgehead atoms. The van der Waals surface area contributed by atoms with Crippen LogP contribution in [0.3, 0.4) is 0 Å². The number of aromatic amines is 1. The fourth-order valence-corrected chi connectivity index (χ4v) is 2.95. The molecule has 2 aromatic carbocycles. The van der Waals surface area contributed by atoms with Crippen molar-refractivity contribution in [2.75, 3.05) is 7.11 Å². The van der Waals surface area contributed by atoms with Crippen molar-refractivity contribution in [3.63, 3.8) is 0 Å². The minimum absolute atomic E-state index is 0.0962. The molecule has 0 radical (unpaired) electrons. The standard InChI is InChI=1S/C20H20N4O3/c1-13(15-3-8-18-19(9-15)27-20(25)23-18)21-10-14-11-22-24(12-14)16-4-6-17(26-2)7-5-16/h3-9,11-13,21H,10H2,1-2H3,(H,23,25). The first-order chi connectivity index (χ1) is 13.1. The topological polar surface area (TPSA) is 85.1 Å². The molecular weight excluding hydrogens is 344 g/mol. The van der Waals surface area contributed by atoms with Crippen molar-refractivity contribution in [3.8, 4) is 11.4 Å². The third kappa shape index (κ3) is 3.63. The third-order valence-corrected chi connectivity index (χ3v) is 4.53. The molecule has 27 heavy (non-hydrogen) atoms. The number of benzene rings is 2. The number of rotatable bonds is 6. The molecular formula is C20H20N4O3. The van der Waals surface area contributed by atoms with Crippen LogP contribution >= 0.6 is 0 Å². The first-order valence-corrected chi connectivity index (χ1v) is 8.66. The van der Waals surface area contributed by atoms with Crippen molar-refractivity contribution >= 4 is 11.1 Å². The van der Waals surface area contributed by atoms with E-state index in [-0.39, 0.29) is 6.04 Å². The second kappa shape index (κ2) is 7.13. The van der Waals surface area contributed by atoms with E-state index < -0.39 is 5.76 Å². The molecule has 0 saturated heterocycles. The van der Waals surface area contributed by atoms with E-state index in [1.807, 2.05) is 59.5 Å². The third-order valence-electron chi connectivity index (χ3n) is 4.53. The van der Waals surface area contributed by atoms with E-state index in [1.54, 1.807) is 7.11 Å². The minimum atomic E-state index is -0.436. The first kappa shape index (κ1) is 17.1. The number of nitrogens with one attached hydrogen (secondary N) is 2. The normalized spacial score (nSPS) is 12.4. The number of nitrogens with zero attached hydrogens (tertiary/aromatic N) is 2. The quantitative estimate of drug-likeness (QED) is 0.549. The highest BCUT2D eigenvalue weighted by Crippen LogP contribution is 2.19. The van der Waals surface area contributed by atoms with Gasteiger partial charge in [0.15, 0.2) is 5.58 Å². The molecule has 7 nitrogen and oxygen atoms in total. The van der Waals surface area contributed by atoms with Crippen LogP contribution in [0.15, 0.2) is 64.1 Å². The van der Waals surface area contributed by atoms with Crippen molar-refractivity contribution in [1.29, 1.82) is 0 Å². The van der Waals surface area contributed by atoms with Gasteiger partial charge in [-0.15, -0.1) is 0 Å². The summed E-state index contributed by atoms with van der Waals surface area (Å²) >= 11 is 0. The Morgan fingerprint density at radius 3 is 2.85 bits per heavy atom. The van der Waals surface area contributed by atoms with E-state index in [9.17, 15) is 4.79 Å². The van der Waals surface area contributed by atoms with Crippen molar-refractivity contribution < 1.29 is 9.15 Å². The average molecular weight is 364 g/mol. The molecule has 0 amide bonds. The number of hydrogen-bond donors (Lipinski definition) is 2. The highest BCUT2D eigenvalue weighted by atomic mass is 16.5. The molecule has 1 unspecified atom stereocenters. The Balaban J connectivity index is 1.43. The number of aromatic nitrogens is 3. The summed E-state index contributed by atoms with van der Waals surface area (Å²) in [4.78, 5) is 13.9. The van der Waals surface area contributed by atoms with Crippen LogP contribution in [-0.4, -0.2) is 21.9 Å². The Kier molecular flexibility index (Phi) is 4.52. The molecule has 2 N–H and O–H groups in total. The van der Waals surface area contributed by atoms with Crippen LogP contribution in [0.25, 0.3) is 16.8 Å². The zero-order chi connectivity index (χ0) is 18.8. The van der Waals surface area contributed by atoms with Gasteiger partial charge in [-0.25, -0.2) is 9.48 Å². The predicted molar refractivity (Wildman–Crippen MR) is 102 cm³/mol. The Morgan fingerprint density at radius 2 is 2.07 bits per heavy atom. The Hall–Kier alpha value is -3.32.